The van der Waals surface area contributed by atoms with Crippen molar-refractivity contribution in [3.8, 4) is 0 Å². The Bertz CT molecular complexity index is 654. The summed E-state index contributed by atoms with van der Waals surface area (Å²) in [6.07, 6.45) is 0. The fourth-order valence-corrected chi connectivity index (χ4v) is 1.80. The van der Waals surface area contributed by atoms with Crippen LogP contribution in [0.5, 0.6) is 0 Å². The van der Waals surface area contributed by atoms with Crippen molar-refractivity contribution in [2.24, 2.45) is 0 Å². The van der Waals surface area contributed by atoms with Crippen molar-refractivity contribution in [2.75, 3.05) is 11.6 Å². The van der Waals surface area contributed by atoms with Crippen molar-refractivity contribution in [1.82, 2.24) is 9.66 Å². The van der Waals surface area contributed by atoms with E-state index in [1.807, 2.05) is 36.4 Å². The van der Waals surface area contributed by atoms with Crippen molar-refractivity contribution in [2.45, 2.75) is 0 Å². The lowest BCUT2D eigenvalue weighted by molar-refractivity contribution is 1.06. The van der Waals surface area contributed by atoms with E-state index in [1.54, 1.807) is 0 Å². The van der Waals surface area contributed by atoms with Gasteiger partial charge >= 0.3 is 0 Å². The van der Waals surface area contributed by atoms with E-state index in [0.29, 0.717) is 5.95 Å². The lowest BCUT2D eigenvalue weighted by Gasteiger charge is -1.99. The number of benzene rings is 2. The van der Waals surface area contributed by atoms with Gasteiger partial charge in [-0.3, -0.25) is 0 Å². The monoisotopic (exact) mass is 198 g/mol. The maximum Gasteiger partial charge on any atom is 0.220 e. The number of hydrogen-bond donors (Lipinski definition) is 2. The molecule has 3 aromatic rings. The fraction of sp³-hybridized carbons (Fsp3) is 0. The Kier molecular flexibility index (Phi) is 1.42. The largest absolute Gasteiger partial charge is 0.368 e. The van der Waals surface area contributed by atoms with Crippen molar-refractivity contribution < 1.29 is 0 Å². The second-order valence-corrected chi connectivity index (χ2v) is 3.53. The number of nitrogens with zero attached hydrogens (tertiary/aromatic N) is 2. The molecule has 3 rings (SSSR count). The number of anilines is 1. The molecule has 0 bridgehead atoms. The minimum absolute atomic E-state index is 0.334. The van der Waals surface area contributed by atoms with Crippen molar-refractivity contribution in [3.63, 3.8) is 0 Å². The number of aromatic nitrogens is 2. The van der Waals surface area contributed by atoms with E-state index in [9.17, 15) is 0 Å². The number of rotatable bonds is 0. The van der Waals surface area contributed by atoms with E-state index >= 15 is 0 Å². The lowest BCUT2D eigenvalue weighted by Crippen LogP contribution is -2.11. The normalized spacial score (nSPS) is 11.2. The Balaban J connectivity index is 2.53. The number of nitrogens with two attached hydrogens (primary N) is 2. The summed E-state index contributed by atoms with van der Waals surface area (Å²) in [7, 11) is 0. The maximum atomic E-state index is 5.76. The van der Waals surface area contributed by atoms with Gasteiger partial charge in [-0.25, -0.2) is 9.66 Å². The molecule has 4 nitrogen and oxygen atoms in total. The lowest BCUT2D eigenvalue weighted by atomic mass is 10.1. The number of hydrogen-bond acceptors (Lipinski definition) is 3. The highest BCUT2D eigenvalue weighted by molar-refractivity contribution is 5.96. The third-order valence-electron chi connectivity index (χ3n) is 2.58. The van der Waals surface area contributed by atoms with E-state index in [0.717, 1.165) is 21.8 Å². The van der Waals surface area contributed by atoms with Crippen LogP contribution in [-0.4, -0.2) is 9.66 Å². The van der Waals surface area contributed by atoms with Crippen LogP contribution >= 0.6 is 0 Å². The molecule has 0 amide bonds. The van der Waals surface area contributed by atoms with Gasteiger partial charge < -0.3 is 11.6 Å². The summed E-state index contributed by atoms with van der Waals surface area (Å²) in [6, 6.07) is 12.1. The van der Waals surface area contributed by atoms with Gasteiger partial charge in [0.25, 0.3) is 0 Å². The van der Waals surface area contributed by atoms with Gasteiger partial charge in [0.1, 0.15) is 0 Å². The van der Waals surface area contributed by atoms with Crippen LogP contribution in [0.15, 0.2) is 36.4 Å². The Morgan fingerprint density at radius 2 is 1.73 bits per heavy atom. The molecule has 0 fully saturated rings. The van der Waals surface area contributed by atoms with Gasteiger partial charge in [0.2, 0.25) is 5.95 Å². The molecule has 0 saturated heterocycles. The van der Waals surface area contributed by atoms with Crippen molar-refractivity contribution in [3.05, 3.63) is 36.4 Å². The van der Waals surface area contributed by atoms with E-state index in [4.69, 9.17) is 11.6 Å². The zero-order valence-corrected chi connectivity index (χ0v) is 8.01. The Morgan fingerprint density at radius 1 is 1.07 bits per heavy atom. The third kappa shape index (κ3) is 1.05. The van der Waals surface area contributed by atoms with Crippen LogP contribution in [0.2, 0.25) is 0 Å². The van der Waals surface area contributed by atoms with Crippen LogP contribution in [0.25, 0.3) is 21.8 Å². The summed E-state index contributed by atoms with van der Waals surface area (Å²) >= 11 is 0. The Hall–Kier alpha value is -2.23. The van der Waals surface area contributed by atoms with Gasteiger partial charge in [0, 0.05) is 0 Å². The molecule has 0 saturated carbocycles. The van der Waals surface area contributed by atoms with Gasteiger partial charge in [0.05, 0.1) is 11.0 Å². The van der Waals surface area contributed by atoms with Gasteiger partial charge in [-0.2, -0.15) is 0 Å². The van der Waals surface area contributed by atoms with E-state index in [-0.39, 0.29) is 0 Å². The number of imidazole rings is 1. The highest BCUT2D eigenvalue weighted by atomic mass is 15.4. The van der Waals surface area contributed by atoms with Crippen LogP contribution < -0.4 is 11.6 Å². The SMILES string of the molecule is Nc1nc2cc3ccccc3cc2n1N. The molecule has 0 unspecified atom stereocenters. The Morgan fingerprint density at radius 3 is 2.47 bits per heavy atom. The molecule has 1 aromatic heterocycles. The molecule has 4 heteroatoms. The first-order valence-electron chi connectivity index (χ1n) is 4.67. The standard InChI is InChI=1S/C11H10N4/c12-11-14-9-5-7-3-1-2-4-8(7)6-10(9)15(11)13/h1-6H,13H2,(H2,12,14). The van der Waals surface area contributed by atoms with Crippen molar-refractivity contribution >= 4 is 27.8 Å². The first kappa shape index (κ1) is 8.11. The predicted molar refractivity (Wildman–Crippen MR) is 61.8 cm³/mol. The molecule has 0 aliphatic carbocycles. The van der Waals surface area contributed by atoms with Gasteiger partial charge in [-0.15, -0.1) is 0 Å². The second-order valence-electron chi connectivity index (χ2n) is 3.53. The zero-order valence-electron chi connectivity index (χ0n) is 8.01. The summed E-state index contributed by atoms with van der Waals surface area (Å²) in [4.78, 5) is 4.18. The molecule has 0 spiro atoms. The summed E-state index contributed by atoms with van der Waals surface area (Å²) in [6.45, 7) is 0. The fourth-order valence-electron chi connectivity index (χ4n) is 1.80. The number of fused-ring (bicyclic) bond motifs is 2. The predicted octanol–water partition coefficient (Wildman–Crippen LogP) is 1.49. The van der Waals surface area contributed by atoms with Gasteiger partial charge in [-0.1, -0.05) is 24.3 Å². The first-order chi connectivity index (χ1) is 7.25. The minimum atomic E-state index is 0.334. The molecule has 0 aliphatic heterocycles. The highest BCUT2D eigenvalue weighted by Gasteiger charge is 2.06. The molecule has 74 valence electrons. The molecular formula is C11H10N4. The Labute approximate surface area is 86.1 Å². The maximum absolute atomic E-state index is 5.76. The summed E-state index contributed by atoms with van der Waals surface area (Å²) < 4.78 is 1.40. The quantitative estimate of drug-likeness (QED) is 0.537. The molecule has 15 heavy (non-hydrogen) atoms. The molecule has 0 radical (unpaired) electrons. The summed E-state index contributed by atoms with van der Waals surface area (Å²) in [5.74, 6) is 6.09. The van der Waals surface area contributed by atoms with E-state index < -0.39 is 0 Å². The highest BCUT2D eigenvalue weighted by Crippen LogP contribution is 2.22. The van der Waals surface area contributed by atoms with E-state index in [1.165, 1.54) is 4.68 Å². The minimum Gasteiger partial charge on any atom is -0.368 e. The summed E-state index contributed by atoms with van der Waals surface area (Å²) in [5, 5.41) is 2.28. The molecule has 4 N–H and O–H groups in total. The van der Waals surface area contributed by atoms with Gasteiger partial charge in [-0.05, 0) is 22.9 Å². The molecule has 0 aliphatic rings. The van der Waals surface area contributed by atoms with Gasteiger partial charge in [0.15, 0.2) is 0 Å². The smallest absolute Gasteiger partial charge is 0.220 e. The van der Waals surface area contributed by atoms with E-state index in [2.05, 4.69) is 4.98 Å². The molecular weight excluding hydrogens is 188 g/mol. The third-order valence-corrected chi connectivity index (χ3v) is 2.58. The summed E-state index contributed by atoms with van der Waals surface area (Å²) in [5.41, 5.74) is 7.32. The average molecular weight is 198 g/mol. The topological polar surface area (TPSA) is 69.9 Å². The van der Waals surface area contributed by atoms with Crippen molar-refractivity contribution in [1.29, 1.82) is 0 Å². The van der Waals surface area contributed by atoms with Crippen LogP contribution in [0, 0.1) is 0 Å². The van der Waals surface area contributed by atoms with Crippen LogP contribution in [0.3, 0.4) is 0 Å². The van der Waals surface area contributed by atoms with Crippen LogP contribution in [0.4, 0.5) is 5.95 Å². The second kappa shape index (κ2) is 2.63. The molecule has 0 atom stereocenters. The van der Waals surface area contributed by atoms with Crippen LogP contribution in [0.1, 0.15) is 0 Å². The average Bonchev–Trinajstić information content (AvgIpc) is 2.52. The molecule has 2 aromatic carbocycles. The molecule has 1 heterocycles. The number of nitrogen functional groups attached to an aromatic ring is 2. The zero-order chi connectivity index (χ0) is 10.4. The first-order valence-corrected chi connectivity index (χ1v) is 4.67. The van der Waals surface area contributed by atoms with Crippen LogP contribution in [-0.2, 0) is 0 Å².